The molecule has 0 aliphatic carbocycles. The molecule has 13 heteroatoms. The number of nitrogens with zero attached hydrogens (tertiary/aromatic N) is 2. The van der Waals surface area contributed by atoms with E-state index >= 15 is 0 Å². The summed E-state index contributed by atoms with van der Waals surface area (Å²) in [6.45, 7) is 0. The van der Waals surface area contributed by atoms with Crippen molar-refractivity contribution in [3.8, 4) is 11.4 Å². The maximum atomic E-state index is 13.6. The minimum absolute atomic E-state index is 0.0554. The predicted molar refractivity (Wildman–Crippen MR) is 85.7 cm³/mol. The van der Waals surface area contributed by atoms with Crippen molar-refractivity contribution in [1.29, 1.82) is 0 Å². The SMILES string of the molecule is O=C(NS(=O)(=O)c1cc(F)ccc1F)c1ccc(-c2noc(C(F)(F)F)n2)cc1. The zero-order valence-electron chi connectivity index (χ0n) is 13.9. The highest BCUT2D eigenvalue weighted by Gasteiger charge is 2.38. The molecule has 0 bridgehead atoms. The summed E-state index contributed by atoms with van der Waals surface area (Å²) in [4.78, 5) is 14.2. The average molecular weight is 433 g/mol. The van der Waals surface area contributed by atoms with Gasteiger partial charge in [-0.15, -0.1) is 0 Å². The summed E-state index contributed by atoms with van der Waals surface area (Å²) >= 11 is 0. The molecule has 0 fully saturated rings. The van der Waals surface area contributed by atoms with Gasteiger partial charge in [0.05, 0.1) is 0 Å². The third-order valence-corrected chi connectivity index (χ3v) is 4.83. The van der Waals surface area contributed by atoms with Gasteiger partial charge in [0.15, 0.2) is 0 Å². The van der Waals surface area contributed by atoms with Crippen LogP contribution in [-0.2, 0) is 16.2 Å². The van der Waals surface area contributed by atoms with Gasteiger partial charge in [-0.25, -0.2) is 21.9 Å². The number of alkyl halides is 3. The number of benzene rings is 2. The van der Waals surface area contributed by atoms with Crippen LogP contribution in [0.1, 0.15) is 16.2 Å². The van der Waals surface area contributed by atoms with Gasteiger partial charge in [0, 0.05) is 11.1 Å². The Bertz CT molecular complexity index is 1170. The lowest BCUT2D eigenvalue weighted by Crippen LogP contribution is -2.31. The summed E-state index contributed by atoms with van der Waals surface area (Å²) < 4.78 is 94.1. The van der Waals surface area contributed by atoms with Crippen molar-refractivity contribution in [2.24, 2.45) is 0 Å². The van der Waals surface area contributed by atoms with E-state index in [1.54, 1.807) is 4.72 Å². The first-order valence-corrected chi connectivity index (χ1v) is 8.99. The molecule has 0 saturated heterocycles. The average Bonchev–Trinajstić information content (AvgIpc) is 3.14. The molecule has 29 heavy (non-hydrogen) atoms. The fourth-order valence-electron chi connectivity index (χ4n) is 2.15. The van der Waals surface area contributed by atoms with Gasteiger partial charge in [-0.2, -0.15) is 18.2 Å². The highest BCUT2D eigenvalue weighted by atomic mass is 32.2. The molecule has 0 unspecified atom stereocenters. The number of nitrogens with one attached hydrogen (secondary N) is 1. The summed E-state index contributed by atoms with van der Waals surface area (Å²) in [6.07, 6.45) is -4.83. The minimum Gasteiger partial charge on any atom is -0.329 e. The van der Waals surface area contributed by atoms with Crippen LogP contribution in [0, 0.1) is 11.6 Å². The molecule has 0 saturated carbocycles. The zero-order valence-corrected chi connectivity index (χ0v) is 14.7. The predicted octanol–water partition coefficient (Wildman–Crippen LogP) is 3.15. The minimum atomic E-state index is -4.83. The number of aromatic nitrogens is 2. The van der Waals surface area contributed by atoms with Crippen molar-refractivity contribution in [3.05, 3.63) is 65.6 Å². The molecular weight excluding hydrogens is 425 g/mol. The maximum absolute atomic E-state index is 13.6. The van der Waals surface area contributed by atoms with Crippen LogP contribution >= 0.6 is 0 Å². The van der Waals surface area contributed by atoms with Crippen molar-refractivity contribution in [2.75, 3.05) is 0 Å². The topological polar surface area (TPSA) is 102 Å². The van der Waals surface area contributed by atoms with Crippen molar-refractivity contribution in [1.82, 2.24) is 14.9 Å². The van der Waals surface area contributed by atoms with Crippen LogP contribution in [-0.4, -0.2) is 24.5 Å². The van der Waals surface area contributed by atoms with E-state index in [1.807, 2.05) is 0 Å². The number of carbonyl (C=O) groups is 1. The molecule has 0 spiro atoms. The van der Waals surface area contributed by atoms with Crippen molar-refractivity contribution >= 4 is 15.9 Å². The maximum Gasteiger partial charge on any atom is 0.471 e. The van der Waals surface area contributed by atoms with Gasteiger partial charge >= 0.3 is 12.1 Å². The molecule has 1 aromatic heterocycles. The highest BCUT2D eigenvalue weighted by molar-refractivity contribution is 7.90. The molecule has 0 radical (unpaired) electrons. The molecule has 152 valence electrons. The van der Waals surface area contributed by atoms with Crippen LogP contribution in [0.15, 0.2) is 51.9 Å². The zero-order chi connectivity index (χ0) is 21.4. The Morgan fingerprint density at radius 1 is 1.03 bits per heavy atom. The summed E-state index contributed by atoms with van der Waals surface area (Å²) in [6, 6.07) is 6.14. The van der Waals surface area contributed by atoms with Crippen LogP contribution in [0.25, 0.3) is 11.4 Å². The summed E-state index contributed by atoms with van der Waals surface area (Å²) in [5.74, 6) is -5.43. The molecule has 2 aromatic carbocycles. The number of sulfonamides is 1. The third kappa shape index (κ3) is 4.39. The summed E-state index contributed by atoms with van der Waals surface area (Å²) in [5, 5.41) is 3.16. The number of rotatable bonds is 4. The third-order valence-electron chi connectivity index (χ3n) is 3.48. The lowest BCUT2D eigenvalue weighted by atomic mass is 10.1. The molecular formula is C16H8F5N3O4S. The first-order valence-electron chi connectivity index (χ1n) is 7.51. The van der Waals surface area contributed by atoms with Gasteiger partial charge in [0.1, 0.15) is 16.5 Å². The molecule has 7 nitrogen and oxygen atoms in total. The number of halogens is 5. The Morgan fingerprint density at radius 2 is 1.69 bits per heavy atom. The van der Waals surface area contributed by atoms with Crippen LogP contribution in [0.2, 0.25) is 0 Å². The standard InChI is InChI=1S/C16H8F5N3O4S/c17-10-5-6-11(18)12(7-10)29(26,27)24-14(25)9-3-1-8(2-4-9)13-22-15(28-23-13)16(19,20)21/h1-7H,(H,24,25). The molecule has 1 amide bonds. The molecule has 0 atom stereocenters. The van der Waals surface area contributed by atoms with E-state index in [9.17, 15) is 35.2 Å². The van der Waals surface area contributed by atoms with E-state index in [4.69, 9.17) is 0 Å². The van der Waals surface area contributed by atoms with E-state index < -0.39 is 50.4 Å². The second kappa shape index (κ2) is 7.24. The van der Waals surface area contributed by atoms with Gasteiger partial charge in [0.2, 0.25) is 5.82 Å². The Labute approximate surface area is 159 Å². The molecule has 0 aliphatic heterocycles. The fourth-order valence-corrected chi connectivity index (χ4v) is 3.21. The van der Waals surface area contributed by atoms with E-state index in [0.29, 0.717) is 18.2 Å². The van der Waals surface area contributed by atoms with Crippen LogP contribution < -0.4 is 4.72 Å². The Kier molecular flexibility index (Phi) is 5.09. The Hall–Kier alpha value is -3.35. The molecule has 0 aliphatic rings. The Balaban J connectivity index is 1.80. The largest absolute Gasteiger partial charge is 0.471 e. The summed E-state index contributed by atoms with van der Waals surface area (Å²) in [7, 11) is -4.72. The molecule has 3 rings (SSSR count). The van der Waals surface area contributed by atoms with E-state index in [2.05, 4.69) is 14.7 Å². The van der Waals surface area contributed by atoms with Crippen LogP contribution in [0.5, 0.6) is 0 Å². The monoisotopic (exact) mass is 433 g/mol. The number of hydrogen-bond donors (Lipinski definition) is 1. The van der Waals surface area contributed by atoms with Crippen molar-refractivity contribution in [3.63, 3.8) is 0 Å². The first-order chi connectivity index (χ1) is 13.5. The molecule has 1 N–H and O–H groups in total. The van der Waals surface area contributed by atoms with Gasteiger partial charge in [-0.3, -0.25) is 4.79 Å². The smallest absolute Gasteiger partial charge is 0.329 e. The molecule has 3 aromatic rings. The lowest BCUT2D eigenvalue weighted by molar-refractivity contribution is -0.159. The van der Waals surface area contributed by atoms with Gasteiger partial charge in [0.25, 0.3) is 15.9 Å². The lowest BCUT2D eigenvalue weighted by Gasteiger charge is -2.08. The number of carbonyl (C=O) groups excluding carboxylic acids is 1. The second-order valence-electron chi connectivity index (χ2n) is 5.51. The number of hydrogen-bond acceptors (Lipinski definition) is 6. The molecule has 1 heterocycles. The van der Waals surface area contributed by atoms with E-state index in [1.165, 1.54) is 0 Å². The van der Waals surface area contributed by atoms with Gasteiger partial charge in [-0.1, -0.05) is 17.3 Å². The van der Waals surface area contributed by atoms with Gasteiger partial charge < -0.3 is 4.52 Å². The fraction of sp³-hybridized carbons (Fsp3) is 0.0625. The van der Waals surface area contributed by atoms with Gasteiger partial charge in [-0.05, 0) is 30.3 Å². The summed E-state index contributed by atoms with van der Waals surface area (Å²) in [5.41, 5.74) is -0.173. The number of amides is 1. The van der Waals surface area contributed by atoms with Crippen molar-refractivity contribution < 1.29 is 39.7 Å². The first kappa shape index (κ1) is 20.4. The normalized spacial score (nSPS) is 12.0. The quantitative estimate of drug-likeness (QED) is 0.635. The van der Waals surface area contributed by atoms with Crippen molar-refractivity contribution in [2.45, 2.75) is 11.1 Å². The second-order valence-corrected chi connectivity index (χ2v) is 7.16. The Morgan fingerprint density at radius 3 is 2.28 bits per heavy atom. The van der Waals surface area contributed by atoms with Crippen LogP contribution in [0.3, 0.4) is 0 Å². The van der Waals surface area contributed by atoms with E-state index in [-0.39, 0.29) is 11.1 Å². The van der Waals surface area contributed by atoms with E-state index in [0.717, 1.165) is 24.3 Å². The highest BCUT2D eigenvalue weighted by Crippen LogP contribution is 2.29. The van der Waals surface area contributed by atoms with Crippen LogP contribution in [0.4, 0.5) is 22.0 Å².